The molecule has 130 valence electrons. The normalized spacial score (nSPS) is 12.4. The summed E-state index contributed by atoms with van der Waals surface area (Å²) in [7, 11) is 0. The van der Waals surface area contributed by atoms with E-state index < -0.39 is 0 Å². The van der Waals surface area contributed by atoms with Crippen LogP contribution in [-0.4, -0.2) is 25.0 Å². The Morgan fingerprint density at radius 1 is 1.00 bits per heavy atom. The number of hydrogen-bond donors (Lipinski definition) is 2. The van der Waals surface area contributed by atoms with Crippen LogP contribution in [0, 0.1) is 0 Å². The molecule has 1 heterocycles. The maximum atomic E-state index is 12.6. The number of amides is 2. The zero-order valence-electron chi connectivity index (χ0n) is 14.0. The van der Waals surface area contributed by atoms with Crippen molar-refractivity contribution in [2.24, 2.45) is 0 Å². The number of benzene rings is 2. The Bertz CT molecular complexity index is 789. The van der Waals surface area contributed by atoms with Crippen molar-refractivity contribution in [3.63, 3.8) is 0 Å². The highest BCUT2D eigenvalue weighted by Crippen LogP contribution is 2.34. The first kappa shape index (κ1) is 16.8. The van der Waals surface area contributed by atoms with Gasteiger partial charge in [0.2, 0.25) is 5.91 Å². The second-order valence-corrected chi connectivity index (χ2v) is 5.66. The summed E-state index contributed by atoms with van der Waals surface area (Å²) in [4.78, 5) is 24.3. The van der Waals surface area contributed by atoms with Crippen LogP contribution < -0.4 is 20.1 Å². The molecule has 6 heteroatoms. The van der Waals surface area contributed by atoms with Gasteiger partial charge in [-0.2, -0.15) is 0 Å². The molecule has 0 aliphatic carbocycles. The third-order valence-corrected chi connectivity index (χ3v) is 3.69. The minimum absolute atomic E-state index is 0.0475. The van der Waals surface area contributed by atoms with Crippen molar-refractivity contribution in [3.8, 4) is 11.5 Å². The largest absolute Gasteiger partial charge is 0.486 e. The van der Waals surface area contributed by atoms with Gasteiger partial charge in [-0.3, -0.25) is 9.59 Å². The van der Waals surface area contributed by atoms with Crippen molar-refractivity contribution >= 4 is 23.2 Å². The van der Waals surface area contributed by atoms with Crippen molar-refractivity contribution in [3.05, 3.63) is 48.0 Å². The van der Waals surface area contributed by atoms with E-state index in [1.54, 1.807) is 42.5 Å². The van der Waals surface area contributed by atoms with Gasteiger partial charge in [0.15, 0.2) is 11.5 Å². The Hall–Kier alpha value is -3.02. The van der Waals surface area contributed by atoms with Crippen LogP contribution in [0.15, 0.2) is 42.5 Å². The predicted octanol–water partition coefficient (Wildman–Crippen LogP) is 3.45. The topological polar surface area (TPSA) is 76.7 Å². The van der Waals surface area contributed by atoms with Crippen LogP contribution in [0.2, 0.25) is 0 Å². The third kappa shape index (κ3) is 4.09. The lowest BCUT2D eigenvalue weighted by atomic mass is 10.1. The number of carbonyl (C=O) groups is 2. The van der Waals surface area contributed by atoms with Crippen LogP contribution in [0.25, 0.3) is 0 Å². The second-order valence-electron chi connectivity index (χ2n) is 5.66. The van der Waals surface area contributed by atoms with Crippen molar-refractivity contribution in [1.82, 2.24) is 0 Å². The summed E-state index contributed by atoms with van der Waals surface area (Å²) in [5, 5.41) is 5.64. The molecule has 2 aromatic rings. The second kappa shape index (κ2) is 7.70. The fourth-order valence-electron chi connectivity index (χ4n) is 2.58. The van der Waals surface area contributed by atoms with E-state index in [4.69, 9.17) is 9.47 Å². The van der Waals surface area contributed by atoms with Gasteiger partial charge in [-0.05, 0) is 36.8 Å². The molecular weight excluding hydrogens is 320 g/mol. The molecule has 2 amide bonds. The zero-order valence-corrected chi connectivity index (χ0v) is 14.0. The minimum atomic E-state index is -0.292. The Morgan fingerprint density at radius 3 is 2.52 bits per heavy atom. The molecule has 1 aliphatic rings. The Kier molecular flexibility index (Phi) is 5.18. The average Bonchev–Trinajstić information content (AvgIpc) is 2.61. The molecular formula is C19H20N2O4. The zero-order chi connectivity index (χ0) is 17.6. The van der Waals surface area contributed by atoms with E-state index in [0.29, 0.717) is 48.1 Å². The molecule has 0 radical (unpaired) electrons. The van der Waals surface area contributed by atoms with Gasteiger partial charge < -0.3 is 20.1 Å². The van der Waals surface area contributed by atoms with Gasteiger partial charge in [-0.25, -0.2) is 0 Å². The lowest BCUT2D eigenvalue weighted by Gasteiger charge is -2.20. The number of para-hydroxylation sites is 1. The molecule has 6 nitrogen and oxygen atoms in total. The SMILES string of the molecule is CCCC(=O)Nc1cccc(NC(=O)c2cccc3c2OCCO3)c1. The van der Waals surface area contributed by atoms with Gasteiger partial charge in [0, 0.05) is 17.8 Å². The molecule has 0 bridgehead atoms. The van der Waals surface area contributed by atoms with E-state index >= 15 is 0 Å². The van der Waals surface area contributed by atoms with Gasteiger partial charge in [0.25, 0.3) is 5.91 Å². The summed E-state index contributed by atoms with van der Waals surface area (Å²) < 4.78 is 11.1. The molecule has 25 heavy (non-hydrogen) atoms. The number of rotatable bonds is 5. The summed E-state index contributed by atoms with van der Waals surface area (Å²) in [5.74, 6) is 0.686. The van der Waals surface area contributed by atoms with Crippen molar-refractivity contribution in [2.75, 3.05) is 23.8 Å². The summed E-state index contributed by atoms with van der Waals surface area (Å²) in [5.41, 5.74) is 1.65. The third-order valence-electron chi connectivity index (χ3n) is 3.69. The number of fused-ring (bicyclic) bond motifs is 1. The molecule has 0 aromatic heterocycles. The van der Waals surface area contributed by atoms with E-state index in [2.05, 4.69) is 10.6 Å². The Balaban J connectivity index is 1.74. The quantitative estimate of drug-likeness (QED) is 0.874. The monoisotopic (exact) mass is 340 g/mol. The standard InChI is InChI=1S/C19H20N2O4/c1-2-5-17(22)20-13-6-3-7-14(12-13)21-19(23)15-8-4-9-16-18(15)25-11-10-24-16/h3-4,6-9,12H,2,5,10-11H2,1H3,(H,20,22)(H,21,23). The fraction of sp³-hybridized carbons (Fsp3) is 0.263. The summed E-state index contributed by atoms with van der Waals surface area (Å²) in [6.07, 6.45) is 1.24. The number of carbonyl (C=O) groups excluding carboxylic acids is 2. The van der Waals surface area contributed by atoms with Crippen molar-refractivity contribution < 1.29 is 19.1 Å². The van der Waals surface area contributed by atoms with E-state index in [9.17, 15) is 9.59 Å². The first-order valence-electron chi connectivity index (χ1n) is 8.27. The van der Waals surface area contributed by atoms with E-state index in [1.165, 1.54) is 0 Å². The first-order valence-corrected chi connectivity index (χ1v) is 8.27. The number of anilines is 2. The molecule has 2 aromatic carbocycles. The maximum Gasteiger partial charge on any atom is 0.259 e. The Morgan fingerprint density at radius 2 is 1.72 bits per heavy atom. The van der Waals surface area contributed by atoms with Crippen LogP contribution in [0.1, 0.15) is 30.1 Å². The van der Waals surface area contributed by atoms with Crippen LogP contribution in [-0.2, 0) is 4.79 Å². The average molecular weight is 340 g/mol. The van der Waals surface area contributed by atoms with Gasteiger partial charge in [0.05, 0.1) is 5.56 Å². The number of ether oxygens (including phenoxy) is 2. The number of nitrogens with one attached hydrogen (secondary N) is 2. The highest BCUT2D eigenvalue weighted by molar-refractivity contribution is 6.07. The molecule has 0 saturated heterocycles. The van der Waals surface area contributed by atoms with Crippen LogP contribution in [0.5, 0.6) is 11.5 Å². The highest BCUT2D eigenvalue weighted by Gasteiger charge is 2.20. The van der Waals surface area contributed by atoms with Gasteiger partial charge in [0.1, 0.15) is 13.2 Å². The molecule has 1 aliphatic heterocycles. The fourth-order valence-corrected chi connectivity index (χ4v) is 2.58. The van der Waals surface area contributed by atoms with Crippen molar-refractivity contribution in [2.45, 2.75) is 19.8 Å². The summed E-state index contributed by atoms with van der Waals surface area (Å²) in [6, 6.07) is 12.3. The molecule has 0 spiro atoms. The number of hydrogen-bond acceptors (Lipinski definition) is 4. The maximum absolute atomic E-state index is 12.6. The molecule has 0 fully saturated rings. The molecule has 3 rings (SSSR count). The summed E-state index contributed by atoms with van der Waals surface area (Å²) in [6.45, 7) is 2.83. The van der Waals surface area contributed by atoms with E-state index in [0.717, 1.165) is 6.42 Å². The van der Waals surface area contributed by atoms with Gasteiger partial charge in [-0.15, -0.1) is 0 Å². The van der Waals surface area contributed by atoms with E-state index in [-0.39, 0.29) is 11.8 Å². The van der Waals surface area contributed by atoms with E-state index in [1.807, 2.05) is 6.92 Å². The van der Waals surface area contributed by atoms with Crippen LogP contribution in [0.4, 0.5) is 11.4 Å². The van der Waals surface area contributed by atoms with Gasteiger partial charge >= 0.3 is 0 Å². The highest BCUT2D eigenvalue weighted by atomic mass is 16.6. The minimum Gasteiger partial charge on any atom is -0.486 e. The van der Waals surface area contributed by atoms with Gasteiger partial charge in [-0.1, -0.05) is 19.1 Å². The molecule has 2 N–H and O–H groups in total. The molecule has 0 unspecified atom stereocenters. The first-order chi connectivity index (χ1) is 12.2. The van der Waals surface area contributed by atoms with Crippen LogP contribution in [0.3, 0.4) is 0 Å². The smallest absolute Gasteiger partial charge is 0.259 e. The molecule has 0 saturated carbocycles. The van der Waals surface area contributed by atoms with Crippen LogP contribution >= 0.6 is 0 Å². The Labute approximate surface area is 146 Å². The lowest BCUT2D eigenvalue weighted by molar-refractivity contribution is -0.116. The summed E-state index contributed by atoms with van der Waals surface area (Å²) >= 11 is 0. The lowest BCUT2D eigenvalue weighted by Crippen LogP contribution is -2.20. The predicted molar refractivity (Wildman–Crippen MR) is 95.4 cm³/mol. The molecule has 0 atom stereocenters. The van der Waals surface area contributed by atoms with Crippen molar-refractivity contribution in [1.29, 1.82) is 0 Å².